The fraction of sp³-hybridized carbons (Fsp3) is 0.458. The van der Waals surface area contributed by atoms with Crippen LogP contribution in [0.25, 0.3) is 0 Å². The summed E-state index contributed by atoms with van der Waals surface area (Å²) in [5.41, 5.74) is -1.47. The minimum atomic E-state index is -3.27. The number of rotatable bonds is 12. The Morgan fingerprint density at radius 3 is 0.912 bits per heavy atom. The molecule has 1 fully saturated rings. The molecule has 0 spiro atoms. The van der Waals surface area contributed by atoms with Gasteiger partial charge in [-0.15, -0.1) is 0 Å². The van der Waals surface area contributed by atoms with E-state index in [2.05, 4.69) is 139 Å². The minimum absolute atomic E-state index is 0.0662. The van der Waals surface area contributed by atoms with Crippen molar-refractivity contribution in [1.29, 1.82) is 0 Å². The Morgan fingerprint density at radius 2 is 0.702 bits per heavy atom. The van der Waals surface area contributed by atoms with Gasteiger partial charge in [-0.2, -0.15) is 0 Å². The van der Waals surface area contributed by atoms with Crippen LogP contribution in [0.3, 0.4) is 0 Å². The SMILES string of the molecule is CC(C)(C)C(=O)OC[C@H]1O[C@H](COC(=O)C(C)(C)C)[C@@H](O[Si](c2ccccc2)(c2ccccc2)C(C)(C)C)[C@@H]1O[Si](c1ccccc1)(c1ccccc1)C(C)(C)C. The van der Waals surface area contributed by atoms with Gasteiger partial charge in [0, 0.05) is 0 Å². The molecule has 4 aromatic rings. The number of carbonyl (C=O) groups is 2. The molecule has 0 aliphatic carbocycles. The standard InChI is InChI=1S/C48H64O7Si2/c1-45(2,3)43(49)51-33-39-41(54-56(47(7,8)9,35-25-17-13-18-26-35)36-27-19-14-20-28-36)42(40(53-39)34-52-44(50)46(4,5)6)55-57(48(10,11)12,37-29-21-15-22-30-37)38-31-23-16-24-32-38/h13-32,39-42H,33-34H2,1-12H3/t39-,40-,41-,42-/m1/s1. The molecule has 0 radical (unpaired) electrons. The summed E-state index contributed by atoms with van der Waals surface area (Å²) in [6.45, 7) is 24.3. The Hall–Kier alpha value is -3.87. The van der Waals surface area contributed by atoms with Crippen molar-refractivity contribution in [1.82, 2.24) is 0 Å². The summed E-state index contributed by atoms with van der Waals surface area (Å²) in [5, 5.41) is 3.62. The Bertz CT molecular complexity index is 1690. The topological polar surface area (TPSA) is 80.3 Å². The second-order valence-electron chi connectivity index (χ2n) is 19.4. The molecule has 4 atom stereocenters. The molecule has 57 heavy (non-hydrogen) atoms. The van der Waals surface area contributed by atoms with Gasteiger partial charge in [0.25, 0.3) is 16.6 Å². The number of benzene rings is 4. The Morgan fingerprint density at radius 1 is 0.456 bits per heavy atom. The first-order valence-electron chi connectivity index (χ1n) is 20.2. The molecule has 9 heteroatoms. The van der Waals surface area contributed by atoms with Gasteiger partial charge in [0.05, 0.1) is 10.8 Å². The maximum Gasteiger partial charge on any atom is 0.311 e. The van der Waals surface area contributed by atoms with Crippen molar-refractivity contribution in [2.24, 2.45) is 10.8 Å². The van der Waals surface area contributed by atoms with Crippen LogP contribution in [0.4, 0.5) is 0 Å². The van der Waals surface area contributed by atoms with E-state index >= 15 is 0 Å². The molecular formula is C48H64O7Si2. The highest BCUT2D eigenvalue weighted by Crippen LogP contribution is 2.44. The first-order valence-corrected chi connectivity index (χ1v) is 24.0. The summed E-state index contributed by atoms with van der Waals surface area (Å²) < 4.78 is 35.2. The van der Waals surface area contributed by atoms with Crippen molar-refractivity contribution in [3.05, 3.63) is 121 Å². The number of carbonyl (C=O) groups excluding carboxylic acids is 2. The van der Waals surface area contributed by atoms with Crippen LogP contribution in [-0.2, 0) is 32.7 Å². The normalized spacial score (nSPS) is 19.6. The van der Waals surface area contributed by atoms with E-state index in [0.717, 1.165) is 20.7 Å². The number of hydrogen-bond acceptors (Lipinski definition) is 7. The van der Waals surface area contributed by atoms with Crippen molar-refractivity contribution < 1.29 is 32.7 Å². The second-order valence-corrected chi connectivity index (χ2v) is 27.9. The molecule has 4 aromatic carbocycles. The fourth-order valence-electron chi connectivity index (χ4n) is 7.90. The number of ether oxygens (including phenoxy) is 3. The highest BCUT2D eigenvalue weighted by Gasteiger charge is 2.60. The first-order chi connectivity index (χ1) is 26.6. The molecule has 0 aromatic heterocycles. The predicted molar refractivity (Wildman–Crippen MR) is 234 cm³/mol. The van der Waals surface area contributed by atoms with Crippen LogP contribution in [0, 0.1) is 10.8 Å². The number of esters is 2. The largest absolute Gasteiger partial charge is 0.462 e. The lowest BCUT2D eigenvalue weighted by molar-refractivity contribution is -0.161. The molecule has 1 saturated heterocycles. The zero-order valence-corrected chi connectivity index (χ0v) is 38.1. The van der Waals surface area contributed by atoms with Crippen LogP contribution >= 0.6 is 0 Å². The average Bonchev–Trinajstić information content (AvgIpc) is 3.48. The van der Waals surface area contributed by atoms with E-state index in [4.69, 9.17) is 23.1 Å². The summed E-state index contributed by atoms with van der Waals surface area (Å²) in [6.07, 6.45) is -2.99. The van der Waals surface area contributed by atoms with E-state index in [9.17, 15) is 9.59 Å². The third-order valence-electron chi connectivity index (χ3n) is 10.8. The summed E-state index contributed by atoms with van der Waals surface area (Å²) >= 11 is 0. The van der Waals surface area contributed by atoms with E-state index < -0.39 is 51.9 Å². The third kappa shape index (κ3) is 9.39. The van der Waals surface area contributed by atoms with Crippen LogP contribution < -0.4 is 20.7 Å². The van der Waals surface area contributed by atoms with Gasteiger partial charge in [0.2, 0.25) is 0 Å². The fourth-order valence-corrected chi connectivity index (χ4v) is 17.3. The summed E-state index contributed by atoms with van der Waals surface area (Å²) in [7, 11) is -6.54. The zero-order valence-electron chi connectivity index (χ0n) is 36.1. The summed E-state index contributed by atoms with van der Waals surface area (Å²) in [4.78, 5) is 26.9. The van der Waals surface area contributed by atoms with Gasteiger partial charge in [-0.1, -0.05) is 163 Å². The van der Waals surface area contributed by atoms with Crippen molar-refractivity contribution in [2.45, 2.75) is 118 Å². The van der Waals surface area contributed by atoms with Crippen LogP contribution in [0.1, 0.15) is 83.1 Å². The third-order valence-corrected chi connectivity index (χ3v) is 20.9. The van der Waals surface area contributed by atoms with E-state index in [-0.39, 0.29) is 35.2 Å². The maximum atomic E-state index is 13.4. The molecule has 0 saturated carbocycles. The molecule has 1 aliphatic rings. The number of hydrogen-bond donors (Lipinski definition) is 0. The summed E-state index contributed by atoms with van der Waals surface area (Å²) in [5.74, 6) is -0.690. The molecule has 1 aliphatic heterocycles. The Balaban J connectivity index is 1.80. The van der Waals surface area contributed by atoms with Gasteiger partial charge in [-0.25, -0.2) is 0 Å². The van der Waals surface area contributed by atoms with Crippen molar-refractivity contribution in [2.75, 3.05) is 13.2 Å². The Labute approximate surface area is 343 Å². The van der Waals surface area contributed by atoms with Crippen molar-refractivity contribution in [3.8, 4) is 0 Å². The molecule has 1 heterocycles. The van der Waals surface area contributed by atoms with E-state index in [1.54, 1.807) is 0 Å². The monoisotopic (exact) mass is 808 g/mol. The average molecular weight is 809 g/mol. The van der Waals surface area contributed by atoms with Gasteiger partial charge >= 0.3 is 11.9 Å². The van der Waals surface area contributed by atoms with Gasteiger partial charge < -0.3 is 23.1 Å². The highest BCUT2D eigenvalue weighted by atomic mass is 28.4. The predicted octanol–water partition coefficient (Wildman–Crippen LogP) is 7.82. The van der Waals surface area contributed by atoms with Gasteiger partial charge in [0.15, 0.2) is 0 Å². The van der Waals surface area contributed by atoms with E-state index in [0.29, 0.717) is 0 Å². The lowest BCUT2D eigenvalue weighted by Crippen LogP contribution is -2.72. The van der Waals surface area contributed by atoms with Crippen LogP contribution in [0.5, 0.6) is 0 Å². The van der Waals surface area contributed by atoms with E-state index in [1.807, 2.05) is 65.8 Å². The van der Waals surface area contributed by atoms with Gasteiger partial charge in [-0.3, -0.25) is 9.59 Å². The van der Waals surface area contributed by atoms with Crippen LogP contribution in [0.15, 0.2) is 121 Å². The quantitative estimate of drug-likeness (QED) is 0.107. The zero-order chi connectivity index (χ0) is 41.9. The molecule has 0 unspecified atom stereocenters. The maximum absolute atomic E-state index is 13.4. The van der Waals surface area contributed by atoms with E-state index in [1.165, 1.54) is 0 Å². The smallest absolute Gasteiger partial charge is 0.311 e. The van der Waals surface area contributed by atoms with Crippen molar-refractivity contribution >= 4 is 49.3 Å². The summed E-state index contributed by atoms with van der Waals surface area (Å²) in [6, 6.07) is 41.9. The molecule has 5 rings (SSSR count). The van der Waals surface area contributed by atoms with Crippen LogP contribution in [-0.4, -0.2) is 66.2 Å². The molecule has 0 N–H and O–H groups in total. The minimum Gasteiger partial charge on any atom is -0.462 e. The van der Waals surface area contributed by atoms with Gasteiger partial charge in [0.1, 0.15) is 37.6 Å². The first kappa shape index (κ1) is 44.2. The molecule has 306 valence electrons. The molecular weight excluding hydrogens is 745 g/mol. The van der Waals surface area contributed by atoms with Crippen molar-refractivity contribution in [3.63, 3.8) is 0 Å². The van der Waals surface area contributed by atoms with Gasteiger partial charge in [-0.05, 0) is 72.4 Å². The lowest BCUT2D eigenvalue weighted by Gasteiger charge is -2.49. The highest BCUT2D eigenvalue weighted by molar-refractivity contribution is 7.00. The Kier molecular flexibility index (Phi) is 13.3. The lowest BCUT2D eigenvalue weighted by atomic mass is 9.97. The molecule has 7 nitrogen and oxygen atoms in total. The second kappa shape index (κ2) is 17.2. The molecule has 0 amide bonds. The molecule has 0 bridgehead atoms. The van der Waals surface area contributed by atoms with Crippen LogP contribution in [0.2, 0.25) is 10.1 Å².